The van der Waals surface area contributed by atoms with Gasteiger partial charge in [-0.25, -0.2) is 0 Å². The van der Waals surface area contributed by atoms with Crippen LogP contribution in [-0.4, -0.2) is 35.1 Å². The number of likely N-dealkylation sites (tertiary alicyclic amines) is 1. The minimum atomic E-state index is -0.353. The van der Waals surface area contributed by atoms with Crippen molar-refractivity contribution in [1.82, 2.24) is 4.90 Å². The highest BCUT2D eigenvalue weighted by molar-refractivity contribution is 5.82. The number of carbonyl (C=O) groups is 1. The summed E-state index contributed by atoms with van der Waals surface area (Å²) in [6.07, 6.45) is 5.00. The predicted octanol–water partition coefficient (Wildman–Crippen LogP) is 2.82. The zero-order valence-electron chi connectivity index (χ0n) is 12.4. The van der Waals surface area contributed by atoms with Gasteiger partial charge >= 0.3 is 0 Å². The molecule has 1 aliphatic rings. The van der Waals surface area contributed by atoms with Gasteiger partial charge in [-0.3, -0.25) is 4.79 Å². The largest absolute Gasteiger partial charge is 0.391 e. The second-order valence-corrected chi connectivity index (χ2v) is 6.43. The van der Waals surface area contributed by atoms with Gasteiger partial charge < -0.3 is 10.0 Å². The number of nitrogens with zero attached hydrogens (tertiary/aromatic N) is 1. The summed E-state index contributed by atoms with van der Waals surface area (Å²) in [6.45, 7) is 9.62. The van der Waals surface area contributed by atoms with Crippen LogP contribution in [0, 0.1) is 11.3 Å². The second kappa shape index (κ2) is 6.55. The lowest BCUT2D eigenvalue weighted by Gasteiger charge is -2.38. The molecule has 2 unspecified atom stereocenters. The Morgan fingerprint density at radius 3 is 2.61 bits per heavy atom. The fourth-order valence-corrected chi connectivity index (χ4v) is 2.59. The number of carbonyl (C=O) groups excluding carboxylic acids is 1. The summed E-state index contributed by atoms with van der Waals surface area (Å²) in [4.78, 5) is 14.3. The number of aliphatic hydroxyl groups is 1. The van der Waals surface area contributed by atoms with E-state index in [0.717, 1.165) is 25.8 Å². The van der Waals surface area contributed by atoms with Gasteiger partial charge in [0.05, 0.1) is 6.10 Å². The summed E-state index contributed by atoms with van der Waals surface area (Å²) in [7, 11) is 0. The molecule has 0 aliphatic carbocycles. The van der Waals surface area contributed by atoms with E-state index in [1.54, 1.807) is 0 Å². The van der Waals surface area contributed by atoms with Crippen molar-refractivity contribution in [2.75, 3.05) is 13.1 Å². The molecule has 0 aromatic heterocycles. The molecule has 0 aromatic carbocycles. The van der Waals surface area contributed by atoms with Gasteiger partial charge in [0.25, 0.3) is 0 Å². The number of hydrogen-bond donors (Lipinski definition) is 1. The Bertz CT molecular complexity index is 276. The van der Waals surface area contributed by atoms with Crippen molar-refractivity contribution in [2.45, 2.75) is 65.9 Å². The lowest BCUT2D eigenvalue weighted by Crippen LogP contribution is -2.50. The smallest absolute Gasteiger partial charge is 0.228 e. The molecule has 1 amide bonds. The van der Waals surface area contributed by atoms with E-state index in [-0.39, 0.29) is 17.4 Å². The minimum absolute atomic E-state index is 0.213. The summed E-state index contributed by atoms with van der Waals surface area (Å²) in [6, 6.07) is 0. The SMILES string of the molecule is CCCCCC(C)(C)C(=O)N1CCC(C)C(O)C1. The lowest BCUT2D eigenvalue weighted by molar-refractivity contribution is -0.145. The third-order valence-electron chi connectivity index (χ3n) is 4.19. The molecule has 1 fully saturated rings. The van der Waals surface area contributed by atoms with Crippen molar-refractivity contribution in [1.29, 1.82) is 0 Å². The third kappa shape index (κ3) is 3.98. The Hall–Kier alpha value is -0.570. The number of rotatable bonds is 5. The first kappa shape index (κ1) is 15.5. The normalized spacial score (nSPS) is 25.3. The van der Waals surface area contributed by atoms with E-state index in [1.165, 1.54) is 12.8 Å². The standard InChI is InChI=1S/C15H29NO2/c1-5-6-7-9-15(3,4)14(18)16-10-8-12(2)13(17)11-16/h12-13,17H,5-11H2,1-4H3. The molecular weight excluding hydrogens is 226 g/mol. The molecule has 0 bridgehead atoms. The molecule has 1 rings (SSSR count). The van der Waals surface area contributed by atoms with Gasteiger partial charge in [-0.2, -0.15) is 0 Å². The maximum atomic E-state index is 12.5. The second-order valence-electron chi connectivity index (χ2n) is 6.43. The maximum Gasteiger partial charge on any atom is 0.228 e. The quantitative estimate of drug-likeness (QED) is 0.767. The average molecular weight is 255 g/mol. The molecule has 3 nitrogen and oxygen atoms in total. The summed E-state index contributed by atoms with van der Waals surface area (Å²) < 4.78 is 0. The third-order valence-corrected chi connectivity index (χ3v) is 4.19. The van der Waals surface area contributed by atoms with Crippen molar-refractivity contribution in [2.24, 2.45) is 11.3 Å². The zero-order valence-corrected chi connectivity index (χ0v) is 12.4. The van der Waals surface area contributed by atoms with Crippen LogP contribution in [0.5, 0.6) is 0 Å². The lowest BCUT2D eigenvalue weighted by atomic mass is 9.84. The van der Waals surface area contributed by atoms with E-state index in [1.807, 2.05) is 18.7 Å². The van der Waals surface area contributed by atoms with Crippen LogP contribution in [0.25, 0.3) is 0 Å². The van der Waals surface area contributed by atoms with Crippen LogP contribution in [0.3, 0.4) is 0 Å². The molecule has 18 heavy (non-hydrogen) atoms. The van der Waals surface area contributed by atoms with Crippen LogP contribution >= 0.6 is 0 Å². The van der Waals surface area contributed by atoms with Crippen LogP contribution in [-0.2, 0) is 4.79 Å². The van der Waals surface area contributed by atoms with Crippen molar-refractivity contribution >= 4 is 5.91 Å². The Morgan fingerprint density at radius 1 is 1.39 bits per heavy atom. The van der Waals surface area contributed by atoms with Gasteiger partial charge in [0, 0.05) is 18.5 Å². The molecule has 3 heteroatoms. The molecule has 1 aliphatic heterocycles. The van der Waals surface area contributed by atoms with Crippen molar-refractivity contribution in [3.63, 3.8) is 0 Å². The minimum Gasteiger partial charge on any atom is -0.391 e. The molecule has 0 radical (unpaired) electrons. The first-order chi connectivity index (χ1) is 8.38. The highest BCUT2D eigenvalue weighted by Gasteiger charge is 2.35. The van der Waals surface area contributed by atoms with E-state index >= 15 is 0 Å². The Balaban J connectivity index is 2.52. The van der Waals surface area contributed by atoms with E-state index < -0.39 is 0 Å². The summed E-state index contributed by atoms with van der Waals surface area (Å²) >= 11 is 0. The Morgan fingerprint density at radius 2 is 2.06 bits per heavy atom. The van der Waals surface area contributed by atoms with E-state index in [2.05, 4.69) is 13.8 Å². The molecule has 1 N–H and O–H groups in total. The molecule has 1 saturated heterocycles. The maximum absolute atomic E-state index is 12.5. The van der Waals surface area contributed by atoms with Crippen LogP contribution in [0.15, 0.2) is 0 Å². The van der Waals surface area contributed by atoms with Gasteiger partial charge in [-0.15, -0.1) is 0 Å². The molecule has 0 saturated carbocycles. The van der Waals surface area contributed by atoms with Gasteiger partial charge in [-0.1, -0.05) is 47.0 Å². The number of aliphatic hydroxyl groups excluding tert-OH is 1. The van der Waals surface area contributed by atoms with Crippen molar-refractivity contribution in [3.05, 3.63) is 0 Å². The zero-order chi connectivity index (χ0) is 13.8. The van der Waals surface area contributed by atoms with Crippen LogP contribution < -0.4 is 0 Å². The van der Waals surface area contributed by atoms with Crippen molar-refractivity contribution < 1.29 is 9.90 Å². The summed E-state index contributed by atoms with van der Waals surface area (Å²) in [5.74, 6) is 0.529. The summed E-state index contributed by atoms with van der Waals surface area (Å²) in [5, 5.41) is 9.88. The number of amides is 1. The Labute approximate surface area is 112 Å². The highest BCUT2D eigenvalue weighted by Crippen LogP contribution is 2.29. The molecule has 2 atom stereocenters. The van der Waals surface area contributed by atoms with E-state index in [0.29, 0.717) is 12.5 Å². The number of hydrogen-bond acceptors (Lipinski definition) is 2. The first-order valence-electron chi connectivity index (χ1n) is 7.36. The van der Waals surface area contributed by atoms with E-state index in [4.69, 9.17) is 0 Å². The number of β-amino-alcohol motifs (C(OH)–C–C–N with tert-alkyl or cyclic N) is 1. The van der Waals surface area contributed by atoms with Gasteiger partial charge in [0.15, 0.2) is 0 Å². The fourth-order valence-electron chi connectivity index (χ4n) is 2.59. The summed E-state index contributed by atoms with van der Waals surface area (Å²) in [5.41, 5.74) is -0.282. The topological polar surface area (TPSA) is 40.5 Å². The van der Waals surface area contributed by atoms with Gasteiger partial charge in [-0.05, 0) is 18.8 Å². The predicted molar refractivity (Wildman–Crippen MR) is 74.3 cm³/mol. The molecule has 1 heterocycles. The number of unbranched alkanes of at least 4 members (excludes halogenated alkanes) is 2. The first-order valence-corrected chi connectivity index (χ1v) is 7.36. The molecular formula is C15H29NO2. The molecule has 106 valence electrons. The fraction of sp³-hybridized carbons (Fsp3) is 0.933. The molecule has 0 aromatic rings. The van der Waals surface area contributed by atoms with Gasteiger partial charge in [0.2, 0.25) is 5.91 Å². The number of piperidine rings is 1. The van der Waals surface area contributed by atoms with Crippen molar-refractivity contribution in [3.8, 4) is 0 Å². The molecule has 0 spiro atoms. The van der Waals surface area contributed by atoms with Crippen LogP contribution in [0.4, 0.5) is 0 Å². The highest BCUT2D eigenvalue weighted by atomic mass is 16.3. The average Bonchev–Trinajstić information content (AvgIpc) is 2.32. The van der Waals surface area contributed by atoms with Crippen LogP contribution in [0.2, 0.25) is 0 Å². The monoisotopic (exact) mass is 255 g/mol. The van der Waals surface area contributed by atoms with Gasteiger partial charge in [0.1, 0.15) is 0 Å². The van der Waals surface area contributed by atoms with Crippen LogP contribution in [0.1, 0.15) is 59.8 Å². The Kier molecular flexibility index (Phi) is 5.64. The van der Waals surface area contributed by atoms with E-state index in [9.17, 15) is 9.90 Å².